The summed E-state index contributed by atoms with van der Waals surface area (Å²) in [6.07, 6.45) is -2.72. The number of quaternary nitrogens is 1. The Labute approximate surface area is 122 Å². The molecule has 0 fully saturated rings. The van der Waals surface area contributed by atoms with Crippen molar-refractivity contribution in [3.63, 3.8) is 0 Å². The number of hydrogen-bond donors (Lipinski definition) is 1. The van der Waals surface area contributed by atoms with E-state index < -0.39 is 11.7 Å². The van der Waals surface area contributed by atoms with Crippen molar-refractivity contribution in [2.24, 2.45) is 0 Å². The van der Waals surface area contributed by atoms with Gasteiger partial charge in [0.1, 0.15) is 0 Å². The highest BCUT2D eigenvalue weighted by Crippen LogP contribution is 2.30. The molecule has 0 saturated heterocycles. The molecule has 0 bridgehead atoms. The molecule has 0 atom stereocenters. The maximum absolute atomic E-state index is 12.5. The van der Waals surface area contributed by atoms with Crippen molar-refractivity contribution in [1.29, 1.82) is 0 Å². The number of nitrogens with zero attached hydrogens (tertiary/aromatic N) is 2. The second kappa shape index (κ2) is 5.87. The van der Waals surface area contributed by atoms with Crippen molar-refractivity contribution in [2.75, 3.05) is 20.6 Å². The minimum absolute atomic E-state index is 0.247. The van der Waals surface area contributed by atoms with E-state index in [2.05, 4.69) is 9.82 Å². The lowest BCUT2D eigenvalue weighted by Gasteiger charge is -2.32. The van der Waals surface area contributed by atoms with Crippen LogP contribution in [0.5, 0.6) is 0 Å². The fraction of sp³-hybridized carbons (Fsp3) is 0.615. The summed E-state index contributed by atoms with van der Waals surface area (Å²) in [5.41, 5.74) is -0.979. The van der Waals surface area contributed by atoms with Crippen LogP contribution in [-0.4, -0.2) is 31.2 Å². The van der Waals surface area contributed by atoms with Gasteiger partial charge in [-0.05, 0) is 31.7 Å². The molecule has 0 aliphatic heterocycles. The monoisotopic (exact) mass is 310 g/mol. The first-order chi connectivity index (χ1) is 8.98. The lowest BCUT2D eigenvalue weighted by atomic mass is 10.0. The van der Waals surface area contributed by atoms with Gasteiger partial charge in [-0.1, -0.05) is 0 Å². The molecule has 0 unspecified atom stereocenters. The molecule has 0 amide bonds. The first-order valence-electron chi connectivity index (χ1n) is 6.22. The third-order valence-corrected chi connectivity index (χ3v) is 3.76. The molecule has 1 rings (SSSR count). The standard InChI is InChI=1S/C13H20ClF3N3/c1-12(2,19-14)7-8-20(3,4)11-6-5-10(9-18-11)13(15,16)17/h5-6,9,19H,7-8H2,1-4H3/q+1. The minimum atomic E-state index is -4.35. The second-order valence-corrected chi connectivity index (χ2v) is 6.23. The number of hydrogen-bond acceptors (Lipinski definition) is 2. The Balaban J connectivity index is 2.83. The van der Waals surface area contributed by atoms with Crippen molar-refractivity contribution in [1.82, 2.24) is 14.3 Å². The first-order valence-corrected chi connectivity index (χ1v) is 6.60. The Bertz CT molecular complexity index is 441. The highest BCUT2D eigenvalue weighted by molar-refractivity contribution is 6.13. The Morgan fingerprint density at radius 1 is 1.25 bits per heavy atom. The van der Waals surface area contributed by atoms with Gasteiger partial charge in [0.15, 0.2) is 0 Å². The largest absolute Gasteiger partial charge is 0.417 e. The molecule has 0 aliphatic carbocycles. The fourth-order valence-electron chi connectivity index (χ4n) is 1.63. The first kappa shape index (κ1) is 17.2. The summed E-state index contributed by atoms with van der Waals surface area (Å²) in [4.78, 5) is 6.63. The molecule has 7 heteroatoms. The summed E-state index contributed by atoms with van der Waals surface area (Å²) in [6.45, 7) is 4.62. The highest BCUT2D eigenvalue weighted by atomic mass is 35.5. The normalized spacial score (nSPS) is 13.6. The molecule has 0 aromatic carbocycles. The maximum Gasteiger partial charge on any atom is 0.417 e. The van der Waals surface area contributed by atoms with Gasteiger partial charge >= 0.3 is 6.18 Å². The van der Waals surface area contributed by atoms with Gasteiger partial charge < -0.3 is 0 Å². The molecule has 0 aliphatic rings. The number of halogens is 4. The van der Waals surface area contributed by atoms with Crippen LogP contribution >= 0.6 is 11.8 Å². The zero-order valence-corrected chi connectivity index (χ0v) is 12.8. The van der Waals surface area contributed by atoms with Crippen LogP contribution < -0.4 is 9.32 Å². The van der Waals surface area contributed by atoms with E-state index in [4.69, 9.17) is 11.8 Å². The van der Waals surface area contributed by atoms with E-state index in [0.29, 0.717) is 16.8 Å². The third kappa shape index (κ3) is 4.61. The zero-order valence-electron chi connectivity index (χ0n) is 12.1. The molecule has 1 aromatic rings. The Hall–Kier alpha value is -0.850. The SMILES string of the molecule is CC(C)(CC[N+](C)(C)c1ccc(C(F)(F)F)cn1)NCl. The van der Waals surface area contributed by atoms with Crippen LogP contribution in [0.1, 0.15) is 25.8 Å². The molecule has 114 valence electrons. The van der Waals surface area contributed by atoms with Crippen LogP contribution in [0.3, 0.4) is 0 Å². The van der Waals surface area contributed by atoms with Gasteiger partial charge in [-0.25, -0.2) is 9.82 Å². The summed E-state index contributed by atoms with van der Waals surface area (Å²) in [6, 6.07) is 2.48. The second-order valence-electron chi connectivity index (χ2n) is 6.04. The molecule has 0 saturated carbocycles. The minimum Gasteiger partial charge on any atom is -0.279 e. The lowest BCUT2D eigenvalue weighted by molar-refractivity contribution is -0.137. The topological polar surface area (TPSA) is 24.9 Å². The molecule has 3 nitrogen and oxygen atoms in total. The Morgan fingerprint density at radius 2 is 1.85 bits per heavy atom. The average Bonchev–Trinajstić information content (AvgIpc) is 2.36. The van der Waals surface area contributed by atoms with E-state index >= 15 is 0 Å². The predicted molar refractivity (Wildman–Crippen MR) is 75.4 cm³/mol. The molecule has 0 spiro atoms. The summed E-state index contributed by atoms with van der Waals surface area (Å²) in [5.74, 6) is 0.586. The lowest BCUT2D eigenvalue weighted by Crippen LogP contribution is -2.46. The molecular formula is C13H20ClF3N3+. The van der Waals surface area contributed by atoms with Gasteiger partial charge in [0.25, 0.3) is 0 Å². The summed E-state index contributed by atoms with van der Waals surface area (Å²) < 4.78 is 37.9. The van der Waals surface area contributed by atoms with Gasteiger partial charge in [0.2, 0.25) is 5.82 Å². The molecule has 0 radical (unpaired) electrons. The number of pyridine rings is 1. The zero-order chi connectivity index (χ0) is 15.6. The predicted octanol–water partition coefficient (Wildman–Crippen LogP) is 3.58. The quantitative estimate of drug-likeness (QED) is 0.664. The summed E-state index contributed by atoms with van der Waals surface area (Å²) >= 11 is 5.64. The van der Waals surface area contributed by atoms with E-state index in [1.807, 2.05) is 27.9 Å². The van der Waals surface area contributed by atoms with Crippen LogP contribution in [0, 0.1) is 0 Å². The maximum atomic E-state index is 12.5. The number of alkyl halides is 3. The number of nitrogens with one attached hydrogen (secondary N) is 1. The van der Waals surface area contributed by atoms with Gasteiger partial charge in [-0.3, -0.25) is 4.48 Å². The van der Waals surface area contributed by atoms with Crippen molar-refractivity contribution < 1.29 is 13.2 Å². The van der Waals surface area contributed by atoms with Crippen molar-refractivity contribution in [3.8, 4) is 0 Å². The van der Waals surface area contributed by atoms with Crippen LogP contribution in [-0.2, 0) is 6.18 Å². The van der Waals surface area contributed by atoms with Crippen molar-refractivity contribution in [2.45, 2.75) is 32.0 Å². The van der Waals surface area contributed by atoms with E-state index in [1.54, 1.807) is 0 Å². The van der Waals surface area contributed by atoms with E-state index in [-0.39, 0.29) is 5.54 Å². The van der Waals surface area contributed by atoms with E-state index in [1.165, 1.54) is 6.07 Å². The van der Waals surface area contributed by atoms with Crippen molar-refractivity contribution >= 4 is 17.6 Å². The fourth-order valence-corrected chi connectivity index (χ4v) is 1.73. The summed E-state index contributed by atoms with van der Waals surface area (Å²) in [7, 11) is 3.81. The Morgan fingerprint density at radius 3 is 2.25 bits per heavy atom. The summed E-state index contributed by atoms with van der Waals surface area (Å²) in [5, 5.41) is 0. The highest BCUT2D eigenvalue weighted by Gasteiger charge is 2.32. The van der Waals surface area contributed by atoms with Gasteiger partial charge in [-0.2, -0.15) is 13.2 Å². The van der Waals surface area contributed by atoms with E-state index in [0.717, 1.165) is 18.7 Å². The molecule has 1 aromatic heterocycles. The molecule has 1 heterocycles. The molecular weight excluding hydrogens is 291 g/mol. The van der Waals surface area contributed by atoms with Gasteiger partial charge in [0, 0.05) is 24.2 Å². The average molecular weight is 311 g/mol. The van der Waals surface area contributed by atoms with Crippen LogP contribution in [0.4, 0.5) is 19.0 Å². The van der Waals surface area contributed by atoms with Crippen LogP contribution in [0.15, 0.2) is 18.3 Å². The van der Waals surface area contributed by atoms with Gasteiger partial charge in [0.05, 0.1) is 26.2 Å². The molecule has 20 heavy (non-hydrogen) atoms. The smallest absolute Gasteiger partial charge is 0.279 e. The van der Waals surface area contributed by atoms with E-state index in [9.17, 15) is 13.2 Å². The van der Waals surface area contributed by atoms with Crippen molar-refractivity contribution in [3.05, 3.63) is 23.9 Å². The third-order valence-electron chi connectivity index (χ3n) is 3.25. The number of rotatable bonds is 5. The number of aromatic nitrogens is 1. The van der Waals surface area contributed by atoms with Gasteiger partial charge in [-0.15, -0.1) is 0 Å². The van der Waals surface area contributed by atoms with Crippen LogP contribution in [0.25, 0.3) is 0 Å². The Kier molecular flexibility index (Phi) is 5.05. The molecule has 1 N–H and O–H groups in total. The van der Waals surface area contributed by atoms with Crippen LogP contribution in [0.2, 0.25) is 0 Å².